The standard InChI is InChI=1S/C23H28FN3O/c24-20-8-10-21(11-9-20)26-17-15-25(16-18-26)13-3-4-14-27-22-6-2-1-5-19(22)7-12-23(27)28/h1-2,5-6,8-11H,3-4,7,12-18H2. The number of anilines is 2. The van der Waals surface area contributed by atoms with E-state index in [1.807, 2.05) is 23.1 Å². The minimum Gasteiger partial charge on any atom is -0.369 e. The minimum atomic E-state index is -0.183. The molecule has 0 aliphatic carbocycles. The molecule has 148 valence electrons. The lowest BCUT2D eigenvalue weighted by Crippen LogP contribution is -2.46. The predicted octanol–water partition coefficient (Wildman–Crippen LogP) is 3.71. The highest BCUT2D eigenvalue weighted by molar-refractivity contribution is 5.96. The van der Waals surface area contributed by atoms with Crippen molar-refractivity contribution in [3.8, 4) is 0 Å². The van der Waals surface area contributed by atoms with Gasteiger partial charge < -0.3 is 9.80 Å². The molecular formula is C23H28FN3O. The molecule has 1 amide bonds. The van der Waals surface area contributed by atoms with E-state index in [0.29, 0.717) is 6.42 Å². The van der Waals surface area contributed by atoms with E-state index >= 15 is 0 Å². The second-order valence-corrected chi connectivity index (χ2v) is 7.69. The van der Waals surface area contributed by atoms with Gasteiger partial charge >= 0.3 is 0 Å². The molecule has 0 aromatic heterocycles. The van der Waals surface area contributed by atoms with Crippen molar-refractivity contribution in [2.75, 3.05) is 49.1 Å². The Labute approximate surface area is 166 Å². The summed E-state index contributed by atoms with van der Waals surface area (Å²) >= 11 is 0. The van der Waals surface area contributed by atoms with Crippen molar-refractivity contribution in [1.29, 1.82) is 0 Å². The first-order valence-corrected chi connectivity index (χ1v) is 10.3. The smallest absolute Gasteiger partial charge is 0.227 e. The van der Waals surface area contributed by atoms with Gasteiger partial charge in [0.1, 0.15) is 5.82 Å². The molecule has 2 aromatic rings. The summed E-state index contributed by atoms with van der Waals surface area (Å²) in [4.78, 5) is 19.1. The number of benzene rings is 2. The lowest BCUT2D eigenvalue weighted by molar-refractivity contribution is -0.118. The summed E-state index contributed by atoms with van der Waals surface area (Å²) in [7, 11) is 0. The third-order valence-electron chi connectivity index (χ3n) is 5.86. The van der Waals surface area contributed by atoms with Crippen LogP contribution in [0, 0.1) is 5.82 Å². The van der Waals surface area contributed by atoms with Crippen molar-refractivity contribution in [3.63, 3.8) is 0 Å². The molecule has 2 heterocycles. The van der Waals surface area contributed by atoms with Crippen LogP contribution in [0.3, 0.4) is 0 Å². The van der Waals surface area contributed by atoms with Crippen molar-refractivity contribution < 1.29 is 9.18 Å². The number of unbranched alkanes of at least 4 members (excludes halogenated alkanes) is 1. The number of rotatable bonds is 6. The molecule has 0 N–H and O–H groups in total. The summed E-state index contributed by atoms with van der Waals surface area (Å²) < 4.78 is 13.1. The summed E-state index contributed by atoms with van der Waals surface area (Å²) in [6.45, 7) is 5.89. The number of fused-ring (bicyclic) bond motifs is 1. The summed E-state index contributed by atoms with van der Waals surface area (Å²) in [5, 5.41) is 0. The topological polar surface area (TPSA) is 26.8 Å². The second-order valence-electron chi connectivity index (χ2n) is 7.69. The van der Waals surface area contributed by atoms with Crippen LogP contribution in [0.15, 0.2) is 48.5 Å². The summed E-state index contributed by atoms with van der Waals surface area (Å²) in [5.41, 5.74) is 3.49. The van der Waals surface area contributed by atoms with E-state index in [2.05, 4.69) is 28.0 Å². The monoisotopic (exact) mass is 381 g/mol. The van der Waals surface area contributed by atoms with E-state index in [9.17, 15) is 9.18 Å². The van der Waals surface area contributed by atoms with Crippen LogP contribution in [-0.4, -0.2) is 50.1 Å². The Balaban J connectivity index is 1.20. The number of hydrogen-bond acceptors (Lipinski definition) is 3. The second kappa shape index (κ2) is 8.74. The van der Waals surface area contributed by atoms with Gasteiger partial charge in [0, 0.05) is 50.5 Å². The highest BCUT2D eigenvalue weighted by atomic mass is 19.1. The average molecular weight is 381 g/mol. The number of carbonyl (C=O) groups excluding carboxylic acids is 1. The summed E-state index contributed by atoms with van der Waals surface area (Å²) in [6, 6.07) is 15.1. The van der Waals surface area contributed by atoms with Crippen LogP contribution in [0.5, 0.6) is 0 Å². The molecule has 2 aromatic carbocycles. The third-order valence-corrected chi connectivity index (χ3v) is 5.86. The summed E-state index contributed by atoms with van der Waals surface area (Å²) in [6.07, 6.45) is 3.62. The van der Waals surface area contributed by atoms with Crippen LogP contribution >= 0.6 is 0 Å². The Morgan fingerprint density at radius 2 is 1.54 bits per heavy atom. The normalized spacial score (nSPS) is 17.7. The Hall–Kier alpha value is -2.40. The molecule has 4 nitrogen and oxygen atoms in total. The van der Waals surface area contributed by atoms with E-state index in [1.54, 1.807) is 0 Å². The van der Waals surface area contributed by atoms with Gasteiger partial charge in [0.15, 0.2) is 0 Å². The zero-order valence-electron chi connectivity index (χ0n) is 16.3. The van der Waals surface area contributed by atoms with E-state index in [0.717, 1.165) is 69.9 Å². The van der Waals surface area contributed by atoms with Crippen molar-refractivity contribution in [1.82, 2.24) is 4.90 Å². The molecule has 0 bridgehead atoms. The average Bonchev–Trinajstić information content (AvgIpc) is 2.73. The molecule has 0 atom stereocenters. The van der Waals surface area contributed by atoms with Crippen LogP contribution < -0.4 is 9.80 Å². The van der Waals surface area contributed by atoms with Gasteiger partial charge in [0.05, 0.1) is 0 Å². The van der Waals surface area contributed by atoms with Crippen molar-refractivity contribution >= 4 is 17.3 Å². The van der Waals surface area contributed by atoms with E-state index in [-0.39, 0.29) is 11.7 Å². The van der Waals surface area contributed by atoms with Crippen LogP contribution in [-0.2, 0) is 11.2 Å². The molecule has 0 spiro atoms. The van der Waals surface area contributed by atoms with Gasteiger partial charge in [-0.25, -0.2) is 4.39 Å². The largest absolute Gasteiger partial charge is 0.369 e. The van der Waals surface area contributed by atoms with Crippen molar-refractivity contribution in [2.24, 2.45) is 0 Å². The molecule has 0 saturated carbocycles. The first kappa shape index (κ1) is 18.9. The van der Waals surface area contributed by atoms with Gasteiger partial charge in [0.2, 0.25) is 5.91 Å². The molecule has 0 unspecified atom stereocenters. The van der Waals surface area contributed by atoms with Gasteiger partial charge in [-0.1, -0.05) is 18.2 Å². The molecule has 2 aliphatic rings. The van der Waals surface area contributed by atoms with Gasteiger partial charge in [-0.05, 0) is 61.7 Å². The SMILES string of the molecule is O=C1CCc2ccccc2N1CCCCN1CCN(c2ccc(F)cc2)CC1. The lowest BCUT2D eigenvalue weighted by atomic mass is 10.0. The highest BCUT2D eigenvalue weighted by Gasteiger charge is 2.23. The number of carbonyl (C=O) groups is 1. The maximum atomic E-state index is 13.1. The fourth-order valence-electron chi connectivity index (χ4n) is 4.23. The zero-order valence-corrected chi connectivity index (χ0v) is 16.3. The summed E-state index contributed by atoms with van der Waals surface area (Å²) in [5.74, 6) is 0.0730. The molecule has 1 saturated heterocycles. The molecule has 28 heavy (non-hydrogen) atoms. The number of amides is 1. The number of para-hydroxylation sites is 1. The van der Waals surface area contributed by atoms with Crippen LogP contribution in [0.2, 0.25) is 0 Å². The van der Waals surface area contributed by atoms with Crippen LogP contribution in [0.1, 0.15) is 24.8 Å². The maximum Gasteiger partial charge on any atom is 0.227 e. The van der Waals surface area contributed by atoms with Crippen LogP contribution in [0.25, 0.3) is 0 Å². The molecule has 2 aliphatic heterocycles. The molecular weight excluding hydrogens is 353 g/mol. The molecule has 0 radical (unpaired) electrons. The minimum absolute atomic E-state index is 0.183. The number of hydrogen-bond donors (Lipinski definition) is 0. The Kier molecular flexibility index (Phi) is 5.91. The van der Waals surface area contributed by atoms with E-state index in [4.69, 9.17) is 0 Å². The third kappa shape index (κ3) is 4.36. The fraction of sp³-hybridized carbons (Fsp3) is 0.435. The van der Waals surface area contributed by atoms with Crippen molar-refractivity contribution in [3.05, 3.63) is 59.9 Å². The predicted molar refractivity (Wildman–Crippen MR) is 111 cm³/mol. The van der Waals surface area contributed by atoms with Crippen molar-refractivity contribution in [2.45, 2.75) is 25.7 Å². The van der Waals surface area contributed by atoms with Gasteiger partial charge in [-0.3, -0.25) is 9.69 Å². The van der Waals surface area contributed by atoms with Gasteiger partial charge in [0.25, 0.3) is 0 Å². The lowest BCUT2D eigenvalue weighted by Gasteiger charge is -2.36. The van der Waals surface area contributed by atoms with E-state index in [1.165, 1.54) is 17.7 Å². The molecule has 4 rings (SSSR count). The molecule has 1 fully saturated rings. The Bertz CT molecular complexity index is 800. The highest BCUT2D eigenvalue weighted by Crippen LogP contribution is 2.27. The maximum absolute atomic E-state index is 13.1. The zero-order chi connectivity index (χ0) is 19.3. The quantitative estimate of drug-likeness (QED) is 0.714. The number of piperazine rings is 1. The molecule has 5 heteroatoms. The Morgan fingerprint density at radius 1 is 0.821 bits per heavy atom. The van der Waals surface area contributed by atoms with Gasteiger partial charge in [-0.2, -0.15) is 0 Å². The number of nitrogens with zero attached hydrogens (tertiary/aromatic N) is 3. The first-order chi connectivity index (χ1) is 13.7. The fourth-order valence-corrected chi connectivity index (χ4v) is 4.23. The Morgan fingerprint density at radius 3 is 2.32 bits per heavy atom. The number of halogens is 1. The first-order valence-electron chi connectivity index (χ1n) is 10.3. The van der Waals surface area contributed by atoms with Gasteiger partial charge in [-0.15, -0.1) is 0 Å². The number of aryl methyl sites for hydroxylation is 1. The van der Waals surface area contributed by atoms with Crippen LogP contribution in [0.4, 0.5) is 15.8 Å². The van der Waals surface area contributed by atoms with E-state index < -0.39 is 0 Å².